The van der Waals surface area contributed by atoms with Crippen molar-refractivity contribution in [2.24, 2.45) is 17.3 Å². The lowest BCUT2D eigenvalue weighted by molar-refractivity contribution is -0.138. The highest BCUT2D eigenvalue weighted by atomic mass is 35.5. The Labute approximate surface area is 122 Å². The van der Waals surface area contributed by atoms with E-state index in [4.69, 9.17) is 11.6 Å². The topological polar surface area (TPSA) is 20.3 Å². The fourth-order valence-corrected chi connectivity index (χ4v) is 3.91. The summed E-state index contributed by atoms with van der Waals surface area (Å²) < 4.78 is 0. The van der Waals surface area contributed by atoms with Crippen molar-refractivity contribution in [1.29, 1.82) is 0 Å². The van der Waals surface area contributed by atoms with Gasteiger partial charge in [0, 0.05) is 19.0 Å². The standard InChI is InChI=1S/C16H28ClNO/c1-16(2,3)13-8-6-12(7-9-13)15(19)18-10-4-5-14(17)11-18/h12-14H,4-11H2,1-3H3. The lowest BCUT2D eigenvalue weighted by Gasteiger charge is -2.39. The third kappa shape index (κ3) is 3.87. The van der Waals surface area contributed by atoms with E-state index < -0.39 is 0 Å². The van der Waals surface area contributed by atoms with Gasteiger partial charge in [0.25, 0.3) is 0 Å². The molecule has 2 nitrogen and oxygen atoms in total. The zero-order chi connectivity index (χ0) is 14.0. The van der Waals surface area contributed by atoms with Gasteiger partial charge in [-0.1, -0.05) is 20.8 Å². The summed E-state index contributed by atoms with van der Waals surface area (Å²) in [6.07, 6.45) is 6.68. The van der Waals surface area contributed by atoms with E-state index >= 15 is 0 Å². The van der Waals surface area contributed by atoms with Crippen LogP contribution in [0.3, 0.4) is 0 Å². The average Bonchev–Trinajstić information content (AvgIpc) is 2.37. The van der Waals surface area contributed by atoms with Gasteiger partial charge >= 0.3 is 0 Å². The molecule has 2 rings (SSSR count). The van der Waals surface area contributed by atoms with Crippen LogP contribution in [-0.2, 0) is 4.79 Å². The first-order chi connectivity index (χ1) is 8.88. The van der Waals surface area contributed by atoms with Crippen molar-refractivity contribution in [2.45, 2.75) is 64.7 Å². The minimum absolute atomic E-state index is 0.170. The molecule has 2 aliphatic rings. The number of hydrogen-bond acceptors (Lipinski definition) is 1. The molecule has 19 heavy (non-hydrogen) atoms. The van der Waals surface area contributed by atoms with Crippen LogP contribution >= 0.6 is 11.6 Å². The Bertz CT molecular complexity index is 315. The normalized spacial score (nSPS) is 33.3. The molecule has 1 heterocycles. The maximum absolute atomic E-state index is 12.5. The lowest BCUT2D eigenvalue weighted by Crippen LogP contribution is -2.44. The van der Waals surface area contributed by atoms with Gasteiger partial charge in [-0.25, -0.2) is 0 Å². The Hall–Kier alpha value is -0.240. The van der Waals surface area contributed by atoms with E-state index in [0.29, 0.717) is 11.3 Å². The van der Waals surface area contributed by atoms with Crippen molar-refractivity contribution < 1.29 is 4.79 Å². The Morgan fingerprint density at radius 3 is 2.26 bits per heavy atom. The largest absolute Gasteiger partial charge is 0.341 e. The molecule has 2 fully saturated rings. The summed E-state index contributed by atoms with van der Waals surface area (Å²) in [6, 6.07) is 0. The van der Waals surface area contributed by atoms with Crippen LogP contribution < -0.4 is 0 Å². The van der Waals surface area contributed by atoms with Gasteiger partial charge in [-0.05, 0) is 49.9 Å². The first-order valence-corrected chi connectivity index (χ1v) is 8.24. The number of carbonyl (C=O) groups excluding carboxylic acids is 1. The van der Waals surface area contributed by atoms with Crippen molar-refractivity contribution >= 4 is 17.5 Å². The van der Waals surface area contributed by atoms with Gasteiger partial charge in [0.15, 0.2) is 0 Å². The zero-order valence-electron chi connectivity index (χ0n) is 12.6. The minimum atomic E-state index is 0.170. The molecule has 0 N–H and O–H groups in total. The highest BCUT2D eigenvalue weighted by molar-refractivity contribution is 6.20. The van der Waals surface area contributed by atoms with E-state index in [1.165, 1.54) is 12.8 Å². The lowest BCUT2D eigenvalue weighted by atomic mass is 9.69. The van der Waals surface area contributed by atoms with Crippen LogP contribution in [0.25, 0.3) is 0 Å². The first kappa shape index (κ1) is 15.2. The Kier molecular flexibility index (Phi) is 4.81. The van der Waals surface area contributed by atoms with Crippen molar-refractivity contribution in [3.05, 3.63) is 0 Å². The summed E-state index contributed by atoms with van der Waals surface area (Å²) in [4.78, 5) is 14.5. The number of hydrogen-bond donors (Lipinski definition) is 0. The number of rotatable bonds is 1. The van der Waals surface area contributed by atoms with E-state index in [2.05, 4.69) is 20.8 Å². The molecule has 0 aromatic heterocycles. The second-order valence-corrected chi connectivity index (χ2v) is 8.06. The zero-order valence-corrected chi connectivity index (χ0v) is 13.4. The molecule has 110 valence electrons. The molecule has 1 amide bonds. The number of piperidine rings is 1. The van der Waals surface area contributed by atoms with E-state index in [-0.39, 0.29) is 11.3 Å². The van der Waals surface area contributed by atoms with Gasteiger partial charge in [-0.15, -0.1) is 11.6 Å². The third-order valence-electron chi connectivity index (χ3n) is 4.98. The van der Waals surface area contributed by atoms with E-state index in [1.807, 2.05) is 4.90 Å². The molecular formula is C16H28ClNO. The van der Waals surface area contributed by atoms with Crippen LogP contribution in [0.15, 0.2) is 0 Å². The highest BCUT2D eigenvalue weighted by Gasteiger charge is 2.34. The molecule has 1 aliphatic carbocycles. The average molecular weight is 286 g/mol. The number of carbonyl (C=O) groups is 1. The van der Waals surface area contributed by atoms with Crippen LogP contribution in [0.4, 0.5) is 0 Å². The van der Waals surface area contributed by atoms with Crippen molar-refractivity contribution in [3.63, 3.8) is 0 Å². The van der Waals surface area contributed by atoms with Gasteiger partial charge in [0.1, 0.15) is 0 Å². The molecule has 1 unspecified atom stereocenters. The number of halogens is 1. The van der Waals surface area contributed by atoms with Crippen molar-refractivity contribution in [2.75, 3.05) is 13.1 Å². The van der Waals surface area contributed by atoms with Crippen LogP contribution in [0.1, 0.15) is 59.3 Å². The van der Waals surface area contributed by atoms with Gasteiger partial charge in [-0.3, -0.25) is 4.79 Å². The van der Waals surface area contributed by atoms with E-state index in [1.54, 1.807) is 0 Å². The summed E-state index contributed by atoms with van der Waals surface area (Å²) in [5.74, 6) is 1.41. The quantitative estimate of drug-likeness (QED) is 0.665. The molecule has 0 radical (unpaired) electrons. The van der Waals surface area contributed by atoms with Gasteiger partial charge < -0.3 is 4.90 Å². The number of nitrogens with zero attached hydrogens (tertiary/aromatic N) is 1. The maximum atomic E-state index is 12.5. The number of amides is 1. The number of alkyl halides is 1. The van der Waals surface area contributed by atoms with Crippen molar-refractivity contribution in [1.82, 2.24) is 4.90 Å². The fourth-order valence-electron chi connectivity index (χ4n) is 3.59. The van der Waals surface area contributed by atoms with E-state index in [9.17, 15) is 4.79 Å². The molecule has 3 heteroatoms. The molecule has 0 spiro atoms. The smallest absolute Gasteiger partial charge is 0.225 e. The molecule has 0 aromatic rings. The highest BCUT2D eigenvalue weighted by Crippen LogP contribution is 2.40. The molecule has 0 bridgehead atoms. The second kappa shape index (κ2) is 6.03. The van der Waals surface area contributed by atoms with Crippen molar-refractivity contribution in [3.8, 4) is 0 Å². The van der Waals surface area contributed by atoms with Crippen LogP contribution in [0, 0.1) is 17.3 Å². The summed E-state index contributed by atoms with van der Waals surface area (Å²) in [6.45, 7) is 8.65. The molecule has 0 aromatic carbocycles. The van der Waals surface area contributed by atoms with Crippen LogP contribution in [0.2, 0.25) is 0 Å². The maximum Gasteiger partial charge on any atom is 0.225 e. The summed E-state index contributed by atoms with van der Waals surface area (Å²) in [7, 11) is 0. The number of likely N-dealkylation sites (tertiary alicyclic amines) is 1. The molecule has 1 saturated heterocycles. The molecule has 1 saturated carbocycles. The predicted molar refractivity (Wildman–Crippen MR) is 80.4 cm³/mol. The van der Waals surface area contributed by atoms with Crippen LogP contribution in [0.5, 0.6) is 0 Å². The molecular weight excluding hydrogens is 258 g/mol. The first-order valence-electron chi connectivity index (χ1n) is 7.81. The van der Waals surface area contributed by atoms with Gasteiger partial charge in [-0.2, -0.15) is 0 Å². The summed E-state index contributed by atoms with van der Waals surface area (Å²) in [5.41, 5.74) is 0.389. The summed E-state index contributed by atoms with van der Waals surface area (Å²) in [5, 5.41) is 0.170. The van der Waals surface area contributed by atoms with E-state index in [0.717, 1.165) is 44.7 Å². The molecule has 1 aliphatic heterocycles. The second-order valence-electron chi connectivity index (χ2n) is 7.44. The van der Waals surface area contributed by atoms with Gasteiger partial charge in [0.05, 0.1) is 5.38 Å². The SMILES string of the molecule is CC(C)(C)C1CCC(C(=O)N2CCCC(Cl)C2)CC1. The Morgan fingerprint density at radius 2 is 1.74 bits per heavy atom. The summed E-state index contributed by atoms with van der Waals surface area (Å²) >= 11 is 6.18. The Balaban J connectivity index is 1.85. The van der Waals surface area contributed by atoms with Crippen LogP contribution in [-0.4, -0.2) is 29.3 Å². The minimum Gasteiger partial charge on any atom is -0.341 e. The Morgan fingerprint density at radius 1 is 1.11 bits per heavy atom. The monoisotopic (exact) mass is 285 g/mol. The fraction of sp³-hybridized carbons (Fsp3) is 0.938. The van der Waals surface area contributed by atoms with Gasteiger partial charge in [0.2, 0.25) is 5.91 Å². The molecule has 1 atom stereocenters. The predicted octanol–water partition coefficient (Wildman–Crippen LogP) is 4.07. The third-order valence-corrected chi connectivity index (χ3v) is 5.33.